The van der Waals surface area contributed by atoms with Gasteiger partial charge in [0.25, 0.3) is 5.91 Å². The molecule has 1 aliphatic heterocycles. The lowest BCUT2D eigenvalue weighted by atomic mass is 10.1. The van der Waals surface area contributed by atoms with Crippen LogP contribution in [0.5, 0.6) is 0 Å². The molecule has 4 rings (SSSR count). The highest BCUT2D eigenvalue weighted by Gasteiger charge is 2.13. The fourth-order valence-electron chi connectivity index (χ4n) is 3.78. The van der Waals surface area contributed by atoms with Gasteiger partial charge in [0.15, 0.2) is 0 Å². The quantitative estimate of drug-likeness (QED) is 0.720. The second kappa shape index (κ2) is 7.89. The predicted molar refractivity (Wildman–Crippen MR) is 113 cm³/mol. The molecule has 0 radical (unpaired) electrons. The summed E-state index contributed by atoms with van der Waals surface area (Å²) in [5.74, 6) is -0.0891. The monoisotopic (exact) mass is 374 g/mol. The highest BCUT2D eigenvalue weighted by atomic mass is 16.1. The van der Waals surface area contributed by atoms with Crippen molar-refractivity contribution >= 4 is 17.3 Å². The summed E-state index contributed by atoms with van der Waals surface area (Å²) in [5, 5.41) is 7.55. The normalized spacial score (nSPS) is 13.7. The zero-order valence-electron chi connectivity index (χ0n) is 16.5. The number of aromatic nitrogens is 2. The molecule has 5 nitrogen and oxygen atoms in total. The van der Waals surface area contributed by atoms with E-state index in [4.69, 9.17) is 0 Å². The summed E-state index contributed by atoms with van der Waals surface area (Å²) in [6.07, 6.45) is 2.47. The Morgan fingerprint density at radius 3 is 2.57 bits per heavy atom. The summed E-state index contributed by atoms with van der Waals surface area (Å²) in [4.78, 5) is 15.1. The van der Waals surface area contributed by atoms with Crippen molar-refractivity contribution in [2.75, 3.05) is 23.3 Å². The van der Waals surface area contributed by atoms with Crippen molar-refractivity contribution in [1.29, 1.82) is 0 Å². The summed E-state index contributed by atoms with van der Waals surface area (Å²) in [7, 11) is 0. The van der Waals surface area contributed by atoms with Crippen molar-refractivity contribution in [2.24, 2.45) is 0 Å². The minimum atomic E-state index is -0.0891. The lowest BCUT2D eigenvalue weighted by Crippen LogP contribution is -2.18. The maximum absolute atomic E-state index is 12.8. The van der Waals surface area contributed by atoms with Gasteiger partial charge >= 0.3 is 0 Å². The van der Waals surface area contributed by atoms with Crippen LogP contribution >= 0.6 is 0 Å². The number of aryl methyl sites for hydroxylation is 2. The molecule has 1 aromatic heterocycles. The number of benzene rings is 2. The van der Waals surface area contributed by atoms with E-state index in [9.17, 15) is 4.79 Å². The average Bonchev–Trinajstić information content (AvgIpc) is 3.32. The lowest BCUT2D eigenvalue weighted by Gasteiger charge is -2.18. The third kappa shape index (κ3) is 4.09. The highest BCUT2D eigenvalue weighted by Crippen LogP contribution is 2.23. The molecule has 1 amide bonds. The Labute approximate surface area is 166 Å². The Bertz CT molecular complexity index is 986. The first kappa shape index (κ1) is 18.3. The first-order chi connectivity index (χ1) is 13.6. The molecule has 1 N–H and O–H groups in total. The second-order valence-electron chi connectivity index (χ2n) is 7.48. The van der Waals surface area contributed by atoms with E-state index in [2.05, 4.69) is 33.5 Å². The number of hydrogen-bond acceptors (Lipinski definition) is 3. The van der Waals surface area contributed by atoms with Crippen molar-refractivity contribution in [2.45, 2.75) is 33.2 Å². The van der Waals surface area contributed by atoms with Crippen LogP contribution in [-0.4, -0.2) is 28.8 Å². The Hall–Kier alpha value is -3.08. The summed E-state index contributed by atoms with van der Waals surface area (Å²) in [6, 6.07) is 17.9. The standard InChI is InChI=1S/C23H26N4O/c1-17-13-18(2)27(25-17)16-19-7-5-8-20(14-19)23(28)24-21-9-6-10-22(15-21)26-11-3-4-12-26/h5-10,13-15H,3-4,11-12,16H2,1-2H3,(H,24,28). The molecule has 1 fully saturated rings. The van der Waals surface area contributed by atoms with E-state index < -0.39 is 0 Å². The van der Waals surface area contributed by atoms with Gasteiger partial charge in [-0.3, -0.25) is 9.48 Å². The topological polar surface area (TPSA) is 50.2 Å². The zero-order valence-corrected chi connectivity index (χ0v) is 16.5. The van der Waals surface area contributed by atoms with Crippen molar-refractivity contribution < 1.29 is 4.79 Å². The number of anilines is 2. The van der Waals surface area contributed by atoms with Gasteiger partial charge < -0.3 is 10.2 Å². The maximum Gasteiger partial charge on any atom is 0.255 e. The predicted octanol–water partition coefficient (Wildman–Crippen LogP) is 4.40. The van der Waals surface area contributed by atoms with Crippen LogP contribution < -0.4 is 10.2 Å². The van der Waals surface area contributed by atoms with E-state index in [1.807, 2.05) is 54.9 Å². The molecule has 0 bridgehead atoms. The molecule has 144 valence electrons. The van der Waals surface area contributed by atoms with Crippen LogP contribution in [-0.2, 0) is 6.54 Å². The smallest absolute Gasteiger partial charge is 0.255 e. The number of carbonyl (C=O) groups excluding carboxylic acids is 1. The molecule has 1 aliphatic rings. The fourth-order valence-corrected chi connectivity index (χ4v) is 3.78. The van der Waals surface area contributed by atoms with Crippen molar-refractivity contribution in [3.05, 3.63) is 77.1 Å². The second-order valence-corrected chi connectivity index (χ2v) is 7.48. The molecular formula is C23H26N4O. The molecule has 28 heavy (non-hydrogen) atoms. The number of carbonyl (C=O) groups is 1. The van der Waals surface area contributed by atoms with Gasteiger partial charge in [0.2, 0.25) is 0 Å². The van der Waals surface area contributed by atoms with E-state index in [1.165, 1.54) is 18.5 Å². The van der Waals surface area contributed by atoms with Gasteiger partial charge in [-0.05, 0) is 68.7 Å². The number of rotatable bonds is 5. The van der Waals surface area contributed by atoms with Crippen LogP contribution in [0, 0.1) is 13.8 Å². The summed E-state index contributed by atoms with van der Waals surface area (Å²) < 4.78 is 1.96. The van der Waals surface area contributed by atoms with E-state index in [0.717, 1.165) is 35.7 Å². The molecule has 2 heterocycles. The van der Waals surface area contributed by atoms with E-state index in [0.29, 0.717) is 12.1 Å². The molecule has 0 aliphatic carbocycles. The minimum Gasteiger partial charge on any atom is -0.371 e. The van der Waals surface area contributed by atoms with Gasteiger partial charge in [0.05, 0.1) is 12.2 Å². The average molecular weight is 374 g/mol. The Morgan fingerprint density at radius 1 is 1.04 bits per heavy atom. The van der Waals surface area contributed by atoms with Crippen LogP contribution in [0.1, 0.15) is 40.2 Å². The molecule has 0 saturated carbocycles. The fraction of sp³-hybridized carbons (Fsp3) is 0.304. The Balaban J connectivity index is 1.48. The van der Waals surface area contributed by atoms with Crippen LogP contribution in [0.3, 0.4) is 0 Å². The summed E-state index contributed by atoms with van der Waals surface area (Å²) in [6.45, 7) is 6.87. The van der Waals surface area contributed by atoms with Crippen molar-refractivity contribution in [1.82, 2.24) is 9.78 Å². The van der Waals surface area contributed by atoms with Crippen LogP contribution in [0.15, 0.2) is 54.6 Å². The maximum atomic E-state index is 12.8. The molecule has 2 aromatic carbocycles. The highest BCUT2D eigenvalue weighted by molar-refractivity contribution is 6.04. The van der Waals surface area contributed by atoms with E-state index in [1.54, 1.807) is 0 Å². The first-order valence-electron chi connectivity index (χ1n) is 9.85. The largest absolute Gasteiger partial charge is 0.371 e. The molecule has 0 atom stereocenters. The molecule has 0 spiro atoms. The third-order valence-electron chi connectivity index (χ3n) is 5.20. The molecule has 0 unspecified atom stereocenters. The zero-order chi connectivity index (χ0) is 19.5. The number of amides is 1. The number of hydrogen-bond donors (Lipinski definition) is 1. The van der Waals surface area contributed by atoms with Gasteiger partial charge in [-0.15, -0.1) is 0 Å². The van der Waals surface area contributed by atoms with E-state index in [-0.39, 0.29) is 5.91 Å². The molecule has 1 saturated heterocycles. The number of nitrogens with one attached hydrogen (secondary N) is 1. The van der Waals surface area contributed by atoms with Crippen LogP contribution in [0.25, 0.3) is 0 Å². The van der Waals surface area contributed by atoms with E-state index >= 15 is 0 Å². The Morgan fingerprint density at radius 2 is 1.82 bits per heavy atom. The van der Waals surface area contributed by atoms with Crippen molar-refractivity contribution in [3.8, 4) is 0 Å². The van der Waals surface area contributed by atoms with Gasteiger partial charge in [0.1, 0.15) is 0 Å². The lowest BCUT2D eigenvalue weighted by molar-refractivity contribution is 0.102. The van der Waals surface area contributed by atoms with Crippen molar-refractivity contribution in [3.63, 3.8) is 0 Å². The van der Waals surface area contributed by atoms with Gasteiger partial charge in [-0.25, -0.2) is 0 Å². The van der Waals surface area contributed by atoms with Crippen LogP contribution in [0.2, 0.25) is 0 Å². The third-order valence-corrected chi connectivity index (χ3v) is 5.20. The summed E-state index contributed by atoms with van der Waals surface area (Å²) in [5.41, 5.74) is 5.84. The van der Waals surface area contributed by atoms with Gasteiger partial charge in [-0.2, -0.15) is 5.10 Å². The Kier molecular flexibility index (Phi) is 5.15. The minimum absolute atomic E-state index is 0.0891. The molecule has 5 heteroatoms. The molecule has 3 aromatic rings. The number of nitrogens with zero attached hydrogens (tertiary/aromatic N) is 3. The molecular weight excluding hydrogens is 348 g/mol. The summed E-state index contributed by atoms with van der Waals surface area (Å²) >= 11 is 0. The van der Waals surface area contributed by atoms with Crippen LogP contribution in [0.4, 0.5) is 11.4 Å². The van der Waals surface area contributed by atoms with Gasteiger partial charge in [-0.1, -0.05) is 18.2 Å². The van der Waals surface area contributed by atoms with Gasteiger partial charge in [0, 0.05) is 35.7 Å². The first-order valence-corrected chi connectivity index (χ1v) is 9.85. The SMILES string of the molecule is Cc1cc(C)n(Cc2cccc(C(=O)Nc3cccc(N4CCCC4)c3)c2)n1.